The van der Waals surface area contributed by atoms with Crippen molar-refractivity contribution in [3.05, 3.63) is 34.3 Å². The van der Waals surface area contributed by atoms with E-state index in [2.05, 4.69) is 15.9 Å². The van der Waals surface area contributed by atoms with E-state index in [4.69, 9.17) is 0 Å². The lowest BCUT2D eigenvalue weighted by Gasteiger charge is -2.29. The molecule has 0 amide bonds. The predicted molar refractivity (Wildman–Crippen MR) is 68.2 cm³/mol. The Hall–Kier alpha value is -0.0200. The molecular weight excluding hydrogens is 275 g/mol. The van der Waals surface area contributed by atoms with Gasteiger partial charge in [-0.2, -0.15) is 11.8 Å². The van der Waals surface area contributed by atoms with Gasteiger partial charge in [-0.05, 0) is 36.3 Å². The summed E-state index contributed by atoms with van der Waals surface area (Å²) >= 11 is 5.16. The fourth-order valence-electron chi connectivity index (χ4n) is 1.97. The summed E-state index contributed by atoms with van der Waals surface area (Å²) in [5.74, 6) is 1.77. The number of benzene rings is 1. The first-order valence-electron chi connectivity index (χ1n) is 5.19. The van der Waals surface area contributed by atoms with Gasteiger partial charge in [0.15, 0.2) is 0 Å². The van der Waals surface area contributed by atoms with Crippen molar-refractivity contribution in [3.63, 3.8) is 0 Å². The van der Waals surface area contributed by atoms with Gasteiger partial charge in [0.05, 0.1) is 0 Å². The topological polar surface area (TPSA) is 0 Å². The first-order valence-corrected chi connectivity index (χ1v) is 7.14. The largest absolute Gasteiger partial charge is 0.243 e. The fourth-order valence-corrected chi connectivity index (χ4v) is 3.52. The van der Waals surface area contributed by atoms with Crippen LogP contribution in [0, 0.1) is 0 Å². The van der Waals surface area contributed by atoms with Crippen molar-refractivity contribution in [2.75, 3.05) is 11.5 Å². The van der Waals surface area contributed by atoms with Gasteiger partial charge in [0.1, 0.15) is 5.67 Å². The normalized spacial score (nSPS) is 26.5. The Kier molecular flexibility index (Phi) is 3.73. The van der Waals surface area contributed by atoms with E-state index in [1.807, 2.05) is 24.3 Å². The highest BCUT2D eigenvalue weighted by Gasteiger charge is 2.32. The van der Waals surface area contributed by atoms with Gasteiger partial charge in [-0.3, -0.25) is 0 Å². The highest BCUT2D eigenvalue weighted by molar-refractivity contribution is 9.10. The molecule has 15 heavy (non-hydrogen) atoms. The zero-order valence-corrected chi connectivity index (χ0v) is 10.9. The molecule has 82 valence electrons. The molecule has 1 aliphatic heterocycles. The predicted octanol–water partition coefficient (Wildman–Crippen LogP) is 4.23. The molecule has 0 aliphatic carbocycles. The Labute approximate surface area is 103 Å². The molecule has 0 bridgehead atoms. The van der Waals surface area contributed by atoms with Crippen molar-refractivity contribution in [3.8, 4) is 0 Å². The summed E-state index contributed by atoms with van der Waals surface area (Å²) < 4.78 is 15.4. The quantitative estimate of drug-likeness (QED) is 0.785. The number of alkyl halides is 1. The molecule has 1 saturated heterocycles. The smallest absolute Gasteiger partial charge is 0.124 e. The average molecular weight is 289 g/mol. The molecule has 0 radical (unpaired) electrons. The van der Waals surface area contributed by atoms with Crippen molar-refractivity contribution in [2.45, 2.75) is 24.9 Å². The molecule has 3 heteroatoms. The highest BCUT2D eigenvalue weighted by Crippen LogP contribution is 2.33. The van der Waals surface area contributed by atoms with Crippen LogP contribution in [0.5, 0.6) is 0 Å². The van der Waals surface area contributed by atoms with Gasteiger partial charge in [-0.25, -0.2) is 4.39 Å². The van der Waals surface area contributed by atoms with Crippen LogP contribution in [0.15, 0.2) is 28.7 Å². The van der Waals surface area contributed by atoms with Crippen molar-refractivity contribution >= 4 is 27.7 Å². The van der Waals surface area contributed by atoms with Crippen molar-refractivity contribution in [2.24, 2.45) is 0 Å². The monoisotopic (exact) mass is 288 g/mol. The van der Waals surface area contributed by atoms with Crippen LogP contribution in [0.25, 0.3) is 0 Å². The van der Waals surface area contributed by atoms with E-state index in [9.17, 15) is 4.39 Å². The van der Waals surface area contributed by atoms with Crippen LogP contribution < -0.4 is 0 Å². The molecule has 0 spiro atoms. The second-order valence-corrected chi connectivity index (χ2v) is 6.13. The molecule has 1 atom stereocenters. The fraction of sp³-hybridized carbons (Fsp3) is 0.500. The van der Waals surface area contributed by atoms with Crippen LogP contribution >= 0.6 is 27.7 Å². The Morgan fingerprint density at radius 3 is 3.00 bits per heavy atom. The van der Waals surface area contributed by atoms with Gasteiger partial charge < -0.3 is 0 Å². The summed E-state index contributed by atoms with van der Waals surface area (Å²) in [4.78, 5) is 0. The zero-order valence-electron chi connectivity index (χ0n) is 8.51. The minimum Gasteiger partial charge on any atom is -0.243 e. The third-order valence-electron chi connectivity index (χ3n) is 2.68. The Balaban J connectivity index is 2.06. The summed E-state index contributed by atoms with van der Waals surface area (Å²) in [5, 5.41) is 0. The molecule has 1 fully saturated rings. The second kappa shape index (κ2) is 4.88. The molecule has 1 aromatic carbocycles. The Bertz CT molecular complexity index is 334. The number of rotatable bonds is 2. The molecule has 1 aliphatic rings. The molecule has 0 nitrogen and oxygen atoms in total. The van der Waals surface area contributed by atoms with E-state index in [1.54, 1.807) is 11.8 Å². The lowest BCUT2D eigenvalue weighted by molar-refractivity contribution is 0.176. The summed E-state index contributed by atoms with van der Waals surface area (Å²) in [7, 11) is 0. The number of hydrogen-bond acceptors (Lipinski definition) is 1. The Morgan fingerprint density at radius 2 is 2.33 bits per heavy atom. The van der Waals surface area contributed by atoms with Gasteiger partial charge in [-0.15, -0.1) is 0 Å². The summed E-state index contributed by atoms with van der Waals surface area (Å²) in [6.45, 7) is 0. The molecule has 1 heterocycles. The van der Waals surface area contributed by atoms with Crippen LogP contribution in [-0.2, 0) is 6.42 Å². The standard InChI is InChI=1S/C12H14BrFS/c13-11-4-1-3-10(7-11)8-12(14)5-2-6-15-9-12/h1,3-4,7H,2,5-6,8-9H2. The van der Waals surface area contributed by atoms with Crippen LogP contribution in [0.2, 0.25) is 0 Å². The van der Waals surface area contributed by atoms with Gasteiger partial charge in [0, 0.05) is 16.6 Å². The molecule has 1 unspecified atom stereocenters. The first kappa shape index (κ1) is 11.5. The summed E-state index contributed by atoms with van der Waals surface area (Å²) in [5.41, 5.74) is 0.110. The maximum Gasteiger partial charge on any atom is 0.124 e. The van der Waals surface area contributed by atoms with Crippen molar-refractivity contribution in [1.29, 1.82) is 0 Å². The lowest BCUT2D eigenvalue weighted by atomic mass is 9.93. The second-order valence-electron chi connectivity index (χ2n) is 4.11. The number of hydrogen-bond donors (Lipinski definition) is 0. The van der Waals surface area contributed by atoms with E-state index in [0.29, 0.717) is 18.6 Å². The Morgan fingerprint density at radius 1 is 1.47 bits per heavy atom. The van der Waals surface area contributed by atoms with Crippen molar-refractivity contribution < 1.29 is 4.39 Å². The van der Waals surface area contributed by atoms with E-state index >= 15 is 0 Å². The molecule has 0 saturated carbocycles. The van der Waals surface area contributed by atoms with Crippen LogP contribution in [-0.4, -0.2) is 17.2 Å². The lowest BCUT2D eigenvalue weighted by Crippen LogP contribution is -2.32. The SMILES string of the molecule is FC1(Cc2cccc(Br)c2)CCCSC1. The van der Waals surface area contributed by atoms with Crippen LogP contribution in [0.4, 0.5) is 4.39 Å². The summed E-state index contributed by atoms with van der Waals surface area (Å²) in [6.07, 6.45) is 2.28. The maximum atomic E-state index is 14.4. The molecule has 1 aromatic rings. The van der Waals surface area contributed by atoms with Gasteiger partial charge in [0.2, 0.25) is 0 Å². The first-order chi connectivity index (χ1) is 7.18. The van der Waals surface area contributed by atoms with Gasteiger partial charge >= 0.3 is 0 Å². The van der Waals surface area contributed by atoms with E-state index in [-0.39, 0.29) is 0 Å². The average Bonchev–Trinajstić information content (AvgIpc) is 2.18. The van der Waals surface area contributed by atoms with Crippen LogP contribution in [0.1, 0.15) is 18.4 Å². The third kappa shape index (κ3) is 3.22. The minimum atomic E-state index is -0.982. The third-order valence-corrected chi connectivity index (χ3v) is 4.48. The van der Waals surface area contributed by atoms with Gasteiger partial charge in [0.25, 0.3) is 0 Å². The highest BCUT2D eigenvalue weighted by atomic mass is 79.9. The molecular formula is C12H14BrFS. The van der Waals surface area contributed by atoms with E-state index in [1.165, 1.54) is 0 Å². The van der Waals surface area contributed by atoms with Crippen LogP contribution in [0.3, 0.4) is 0 Å². The molecule has 2 rings (SSSR count). The maximum absolute atomic E-state index is 14.4. The van der Waals surface area contributed by atoms with E-state index in [0.717, 1.165) is 22.2 Å². The zero-order chi connectivity index (χ0) is 10.7. The van der Waals surface area contributed by atoms with Gasteiger partial charge in [-0.1, -0.05) is 28.1 Å². The minimum absolute atomic E-state index is 0.555. The van der Waals surface area contributed by atoms with E-state index < -0.39 is 5.67 Å². The molecule has 0 aromatic heterocycles. The molecule has 0 N–H and O–H groups in total. The van der Waals surface area contributed by atoms with Crippen molar-refractivity contribution in [1.82, 2.24) is 0 Å². The summed E-state index contributed by atoms with van der Waals surface area (Å²) in [6, 6.07) is 7.97. The number of halogens is 2. The number of thioether (sulfide) groups is 1.